The fraction of sp³-hybridized carbons (Fsp3) is 0.0667. The molecule has 2 aromatic carbocycles. The van der Waals surface area contributed by atoms with Crippen LogP contribution < -0.4 is 4.74 Å². The van der Waals surface area contributed by atoms with Gasteiger partial charge in [0.25, 0.3) is 11.4 Å². The number of hydrogen-bond acceptors (Lipinski definition) is 10. The van der Waals surface area contributed by atoms with Gasteiger partial charge in [-0.3, -0.25) is 30.3 Å². The van der Waals surface area contributed by atoms with E-state index >= 15 is 0 Å². The standard InChI is InChI=1S/C9H8N2O.C6H3N3O7/c1-12-9-6-10-7-4-2-3-5-8(7)11-9;10-6-4(8(13)14)1-3(7(11)12)2-5(6)9(15)16/h2-6H,1H3;1-2,10H. The van der Waals surface area contributed by atoms with E-state index in [4.69, 9.17) is 9.84 Å². The number of nitro groups is 3. The van der Waals surface area contributed by atoms with Crippen molar-refractivity contribution in [3.05, 3.63) is 72.9 Å². The maximum absolute atomic E-state index is 10.4. The topological polar surface area (TPSA) is 185 Å². The lowest BCUT2D eigenvalue weighted by atomic mass is 10.2. The van der Waals surface area contributed by atoms with Gasteiger partial charge in [0, 0.05) is 0 Å². The number of nitrogens with zero attached hydrogens (tertiary/aromatic N) is 5. The minimum Gasteiger partial charge on any atom is -0.497 e. The zero-order chi connectivity index (χ0) is 20.8. The normalized spacial score (nSPS) is 9.89. The predicted molar refractivity (Wildman–Crippen MR) is 94.2 cm³/mol. The van der Waals surface area contributed by atoms with Gasteiger partial charge in [0.1, 0.15) is 0 Å². The molecule has 3 rings (SSSR count). The number of fused-ring (bicyclic) bond motifs is 1. The number of benzene rings is 2. The summed E-state index contributed by atoms with van der Waals surface area (Å²) in [5.41, 5.74) is -1.26. The monoisotopic (exact) mass is 389 g/mol. The van der Waals surface area contributed by atoms with Gasteiger partial charge in [0.2, 0.25) is 5.88 Å². The molecular weight excluding hydrogens is 378 g/mol. The van der Waals surface area contributed by atoms with Crippen molar-refractivity contribution in [2.75, 3.05) is 7.11 Å². The Morgan fingerprint density at radius 3 is 1.93 bits per heavy atom. The van der Waals surface area contributed by atoms with Gasteiger partial charge < -0.3 is 9.84 Å². The van der Waals surface area contributed by atoms with Gasteiger partial charge in [-0.25, -0.2) is 9.97 Å². The minimum atomic E-state index is -1.21. The van der Waals surface area contributed by atoms with Crippen LogP contribution >= 0.6 is 0 Å². The van der Waals surface area contributed by atoms with Crippen LogP contribution in [0.1, 0.15) is 0 Å². The number of non-ortho nitro benzene ring substituents is 1. The summed E-state index contributed by atoms with van der Waals surface area (Å²) in [6.45, 7) is 0. The smallest absolute Gasteiger partial charge is 0.324 e. The molecule has 0 saturated heterocycles. The Balaban J connectivity index is 0.000000207. The fourth-order valence-electron chi connectivity index (χ4n) is 2.01. The first-order valence-electron chi connectivity index (χ1n) is 7.30. The summed E-state index contributed by atoms with van der Waals surface area (Å²) in [6, 6.07) is 8.58. The lowest BCUT2D eigenvalue weighted by molar-refractivity contribution is -0.404. The molecule has 0 spiro atoms. The molecule has 3 aromatic rings. The number of aromatic nitrogens is 2. The summed E-state index contributed by atoms with van der Waals surface area (Å²) in [6.07, 6.45) is 1.61. The molecule has 0 radical (unpaired) electrons. The molecule has 0 bridgehead atoms. The van der Waals surface area contributed by atoms with Crippen LogP contribution in [0, 0.1) is 30.3 Å². The second-order valence-corrected chi connectivity index (χ2v) is 5.01. The molecule has 0 aliphatic heterocycles. The zero-order valence-electron chi connectivity index (χ0n) is 14.1. The van der Waals surface area contributed by atoms with Crippen LogP contribution in [0.5, 0.6) is 11.6 Å². The van der Waals surface area contributed by atoms with Crippen LogP contribution in [-0.2, 0) is 0 Å². The first-order valence-corrected chi connectivity index (χ1v) is 7.30. The van der Waals surface area contributed by atoms with Crippen LogP contribution in [-0.4, -0.2) is 37.0 Å². The number of hydrogen-bond donors (Lipinski definition) is 1. The summed E-state index contributed by atoms with van der Waals surface area (Å²) in [5, 5.41) is 40.2. The summed E-state index contributed by atoms with van der Waals surface area (Å²) in [7, 11) is 1.58. The van der Waals surface area contributed by atoms with Crippen molar-refractivity contribution in [1.29, 1.82) is 0 Å². The number of phenols is 1. The molecule has 0 aliphatic rings. The number of phenolic OH excluding ortho intramolecular Hbond substituents is 1. The number of ether oxygens (including phenoxy) is 1. The SMILES string of the molecule is COc1cnc2ccccc2n1.O=[N+]([O-])c1cc([N+](=O)[O-])c(O)c([N+](=O)[O-])c1. The number of nitro benzene ring substituents is 3. The Hall–Kier alpha value is -4.42. The average Bonchev–Trinajstić information content (AvgIpc) is 2.67. The number of para-hydroxylation sites is 2. The Morgan fingerprint density at radius 2 is 1.46 bits per heavy atom. The molecule has 1 aromatic heterocycles. The highest BCUT2D eigenvalue weighted by atomic mass is 16.6. The molecule has 1 heterocycles. The van der Waals surface area contributed by atoms with E-state index in [0.29, 0.717) is 18.0 Å². The summed E-state index contributed by atoms with van der Waals surface area (Å²) >= 11 is 0. The molecule has 0 amide bonds. The van der Waals surface area contributed by atoms with E-state index in [1.165, 1.54) is 0 Å². The minimum absolute atomic E-state index is 0.447. The Kier molecular flexibility index (Phi) is 5.90. The maximum Gasteiger partial charge on any atom is 0.324 e. The lowest BCUT2D eigenvalue weighted by Crippen LogP contribution is -1.97. The van der Waals surface area contributed by atoms with Crippen LogP contribution in [0.15, 0.2) is 42.6 Å². The first-order chi connectivity index (χ1) is 13.2. The average molecular weight is 389 g/mol. The molecule has 13 nitrogen and oxygen atoms in total. The summed E-state index contributed by atoms with van der Waals surface area (Å²) in [5.74, 6) is -0.658. The third-order valence-corrected chi connectivity index (χ3v) is 3.29. The van der Waals surface area contributed by atoms with Gasteiger partial charge in [-0.15, -0.1) is 0 Å². The van der Waals surface area contributed by atoms with Crippen molar-refractivity contribution in [2.45, 2.75) is 0 Å². The molecule has 1 N–H and O–H groups in total. The van der Waals surface area contributed by atoms with Crippen molar-refractivity contribution in [3.63, 3.8) is 0 Å². The zero-order valence-corrected chi connectivity index (χ0v) is 14.1. The Morgan fingerprint density at radius 1 is 0.929 bits per heavy atom. The second-order valence-electron chi connectivity index (χ2n) is 5.01. The van der Waals surface area contributed by atoms with Crippen LogP contribution in [0.3, 0.4) is 0 Å². The Bertz CT molecular complexity index is 1040. The number of aromatic hydroxyl groups is 1. The van der Waals surface area contributed by atoms with Crippen molar-refractivity contribution in [2.24, 2.45) is 0 Å². The molecule has 13 heteroatoms. The van der Waals surface area contributed by atoms with Crippen LogP contribution in [0.25, 0.3) is 11.0 Å². The molecule has 0 fully saturated rings. The third-order valence-electron chi connectivity index (χ3n) is 3.29. The Labute approximate surface area is 155 Å². The largest absolute Gasteiger partial charge is 0.497 e. The van der Waals surface area contributed by atoms with E-state index in [0.717, 1.165) is 11.0 Å². The van der Waals surface area contributed by atoms with Gasteiger partial charge in [-0.1, -0.05) is 12.1 Å². The molecule has 0 atom stereocenters. The van der Waals surface area contributed by atoms with Gasteiger partial charge >= 0.3 is 11.4 Å². The van der Waals surface area contributed by atoms with Crippen molar-refractivity contribution in [3.8, 4) is 11.6 Å². The molecule has 0 saturated carbocycles. The highest BCUT2D eigenvalue weighted by Gasteiger charge is 2.30. The van der Waals surface area contributed by atoms with E-state index in [2.05, 4.69) is 9.97 Å². The summed E-state index contributed by atoms with van der Waals surface area (Å²) < 4.78 is 4.95. The molecular formula is C15H11N5O8. The van der Waals surface area contributed by atoms with Gasteiger partial charge in [0.05, 0.1) is 51.2 Å². The summed E-state index contributed by atoms with van der Waals surface area (Å²) in [4.78, 5) is 36.1. The first kappa shape index (κ1) is 19.9. The molecule has 144 valence electrons. The molecule has 0 aliphatic carbocycles. The highest BCUT2D eigenvalue weighted by Crippen LogP contribution is 2.38. The van der Waals surface area contributed by atoms with Crippen LogP contribution in [0.2, 0.25) is 0 Å². The molecule has 28 heavy (non-hydrogen) atoms. The molecule has 0 unspecified atom stereocenters. The van der Waals surface area contributed by atoms with Crippen molar-refractivity contribution >= 4 is 28.1 Å². The van der Waals surface area contributed by atoms with E-state index in [1.54, 1.807) is 13.3 Å². The van der Waals surface area contributed by atoms with Crippen molar-refractivity contribution < 1.29 is 24.6 Å². The van der Waals surface area contributed by atoms with Gasteiger partial charge in [-0.05, 0) is 12.1 Å². The fourth-order valence-corrected chi connectivity index (χ4v) is 2.01. The van der Waals surface area contributed by atoms with Gasteiger partial charge in [-0.2, -0.15) is 0 Å². The number of rotatable bonds is 4. The van der Waals surface area contributed by atoms with E-state index in [1.807, 2.05) is 24.3 Å². The third kappa shape index (κ3) is 4.40. The lowest BCUT2D eigenvalue weighted by Gasteiger charge is -1.98. The quantitative estimate of drug-likeness (QED) is 0.513. The van der Waals surface area contributed by atoms with Crippen molar-refractivity contribution in [1.82, 2.24) is 9.97 Å². The maximum atomic E-state index is 10.4. The highest BCUT2D eigenvalue weighted by molar-refractivity contribution is 5.73. The van der Waals surface area contributed by atoms with E-state index < -0.39 is 37.6 Å². The second kappa shape index (κ2) is 8.31. The predicted octanol–water partition coefficient (Wildman–Crippen LogP) is 2.76. The van der Waals surface area contributed by atoms with Crippen LogP contribution in [0.4, 0.5) is 17.1 Å². The van der Waals surface area contributed by atoms with E-state index in [9.17, 15) is 30.3 Å². The van der Waals surface area contributed by atoms with Gasteiger partial charge in [0.15, 0.2) is 0 Å². The van der Waals surface area contributed by atoms with E-state index in [-0.39, 0.29) is 0 Å². The number of methoxy groups -OCH3 is 1.